The van der Waals surface area contributed by atoms with E-state index in [-0.39, 0.29) is 23.5 Å². The quantitative estimate of drug-likeness (QED) is 0.661. The van der Waals surface area contributed by atoms with Gasteiger partial charge >= 0.3 is 0 Å². The van der Waals surface area contributed by atoms with Crippen molar-refractivity contribution in [2.24, 2.45) is 0 Å². The maximum absolute atomic E-state index is 14.6. The molecule has 1 atom stereocenters. The average molecular weight is 448 g/mol. The second-order valence-electron chi connectivity index (χ2n) is 8.54. The first-order valence-corrected chi connectivity index (χ1v) is 11.4. The Labute approximate surface area is 192 Å². The number of para-hydroxylation sites is 1. The van der Waals surface area contributed by atoms with Crippen LogP contribution < -0.4 is 10.6 Å². The number of hydrogen-bond acceptors (Lipinski definition) is 4. The van der Waals surface area contributed by atoms with Crippen LogP contribution in [-0.2, 0) is 9.53 Å². The van der Waals surface area contributed by atoms with Crippen LogP contribution >= 0.6 is 0 Å². The van der Waals surface area contributed by atoms with Gasteiger partial charge in [-0.05, 0) is 62.3 Å². The molecule has 0 bridgehead atoms. The minimum absolute atomic E-state index is 0.174. The van der Waals surface area contributed by atoms with Gasteiger partial charge in [-0.1, -0.05) is 18.2 Å². The first-order chi connectivity index (χ1) is 16.1. The minimum atomic E-state index is -0.452. The van der Waals surface area contributed by atoms with Gasteiger partial charge in [0.15, 0.2) is 0 Å². The third kappa shape index (κ3) is 4.54. The summed E-state index contributed by atoms with van der Waals surface area (Å²) in [6.45, 7) is 3.53. The third-order valence-electron chi connectivity index (χ3n) is 6.28. The number of ether oxygens (including phenoxy) is 1. The number of amides is 2. The lowest BCUT2D eigenvalue weighted by molar-refractivity contribution is -0.110. The van der Waals surface area contributed by atoms with Crippen LogP contribution in [0.2, 0.25) is 0 Å². The first kappa shape index (κ1) is 21.4. The Hall–Kier alpha value is -3.45. The van der Waals surface area contributed by atoms with E-state index in [1.165, 1.54) is 31.0 Å². The zero-order valence-corrected chi connectivity index (χ0v) is 18.3. The summed E-state index contributed by atoms with van der Waals surface area (Å²) in [6.07, 6.45) is 6.12. The standard InChI is InChI=1S/C26H26FN3O3/c27-22-9-7-17(25(31)28-11-14-30-12-3-4-13-30)15-21(22)24-10-8-18(33-24)16-20-19-5-1-2-6-23(19)29-26(20)32/h1-2,5-7,9-10,15-16,18H,3-4,8,11-14H2,(H,28,31)(H,29,32)/b20-16+. The molecule has 3 aliphatic rings. The number of anilines is 1. The monoisotopic (exact) mass is 447 g/mol. The van der Waals surface area contributed by atoms with Crippen LogP contribution in [0.25, 0.3) is 11.3 Å². The number of likely N-dealkylation sites (tertiary alicyclic amines) is 1. The van der Waals surface area contributed by atoms with Gasteiger partial charge in [-0.25, -0.2) is 4.39 Å². The van der Waals surface area contributed by atoms with Gasteiger partial charge in [0, 0.05) is 41.9 Å². The van der Waals surface area contributed by atoms with Crippen molar-refractivity contribution in [3.8, 4) is 0 Å². The van der Waals surface area contributed by atoms with E-state index >= 15 is 0 Å². The maximum Gasteiger partial charge on any atom is 0.256 e. The van der Waals surface area contributed by atoms with E-state index in [0.717, 1.165) is 30.9 Å². The van der Waals surface area contributed by atoms with Crippen molar-refractivity contribution in [1.82, 2.24) is 10.2 Å². The van der Waals surface area contributed by atoms with Gasteiger partial charge < -0.3 is 20.3 Å². The SMILES string of the molecule is O=C1Nc2ccccc2/C1=C\C1CC=C(c2cc(C(=O)NCCN3CCCC3)ccc2F)O1. The lowest BCUT2D eigenvalue weighted by Gasteiger charge is -2.15. The van der Waals surface area contributed by atoms with Gasteiger partial charge in [-0.15, -0.1) is 0 Å². The second-order valence-corrected chi connectivity index (χ2v) is 8.54. The normalized spacial score (nSPS) is 21.0. The highest BCUT2D eigenvalue weighted by molar-refractivity contribution is 6.31. The topological polar surface area (TPSA) is 70.7 Å². The Morgan fingerprint density at radius 2 is 2.00 bits per heavy atom. The zero-order valence-electron chi connectivity index (χ0n) is 18.3. The molecule has 2 aromatic carbocycles. The molecule has 6 nitrogen and oxygen atoms in total. The van der Waals surface area contributed by atoms with Crippen molar-refractivity contribution in [3.05, 3.63) is 77.1 Å². The average Bonchev–Trinajstić information content (AvgIpc) is 3.56. The Morgan fingerprint density at radius 3 is 2.85 bits per heavy atom. The van der Waals surface area contributed by atoms with Crippen molar-refractivity contribution in [1.29, 1.82) is 0 Å². The number of nitrogens with zero attached hydrogens (tertiary/aromatic N) is 1. The molecule has 7 heteroatoms. The van der Waals surface area contributed by atoms with Crippen LogP contribution in [0.5, 0.6) is 0 Å². The van der Waals surface area contributed by atoms with Crippen LogP contribution in [-0.4, -0.2) is 49.0 Å². The van der Waals surface area contributed by atoms with E-state index in [9.17, 15) is 14.0 Å². The molecule has 0 spiro atoms. The van der Waals surface area contributed by atoms with E-state index in [2.05, 4.69) is 15.5 Å². The lowest BCUT2D eigenvalue weighted by atomic mass is 10.0. The van der Waals surface area contributed by atoms with Gasteiger partial charge in [-0.3, -0.25) is 9.59 Å². The van der Waals surface area contributed by atoms with Gasteiger partial charge in [0.05, 0.1) is 5.56 Å². The van der Waals surface area contributed by atoms with Gasteiger partial charge in [0.1, 0.15) is 17.7 Å². The van der Waals surface area contributed by atoms with E-state index in [1.807, 2.05) is 24.3 Å². The summed E-state index contributed by atoms with van der Waals surface area (Å²) >= 11 is 0. The molecular weight excluding hydrogens is 421 g/mol. The first-order valence-electron chi connectivity index (χ1n) is 11.4. The lowest BCUT2D eigenvalue weighted by Crippen LogP contribution is -2.33. The number of rotatable bonds is 6. The predicted molar refractivity (Wildman–Crippen MR) is 125 cm³/mol. The maximum atomic E-state index is 14.6. The fourth-order valence-electron chi connectivity index (χ4n) is 4.54. The molecule has 2 amide bonds. The van der Waals surface area contributed by atoms with E-state index in [0.29, 0.717) is 29.9 Å². The van der Waals surface area contributed by atoms with Crippen molar-refractivity contribution in [2.75, 3.05) is 31.5 Å². The Bertz CT molecular complexity index is 1150. The van der Waals surface area contributed by atoms with Crippen LogP contribution in [0.4, 0.5) is 10.1 Å². The minimum Gasteiger partial charge on any atom is -0.486 e. The molecule has 1 saturated heterocycles. The summed E-state index contributed by atoms with van der Waals surface area (Å²) in [6, 6.07) is 11.8. The molecule has 2 aromatic rings. The highest BCUT2D eigenvalue weighted by atomic mass is 19.1. The summed E-state index contributed by atoms with van der Waals surface area (Å²) in [5.41, 5.74) is 2.80. The number of nitrogens with one attached hydrogen (secondary N) is 2. The number of carbonyl (C=O) groups is 2. The molecule has 2 N–H and O–H groups in total. The predicted octanol–water partition coefficient (Wildman–Crippen LogP) is 3.82. The molecule has 0 aliphatic carbocycles. The smallest absolute Gasteiger partial charge is 0.256 e. The van der Waals surface area contributed by atoms with Crippen molar-refractivity contribution in [2.45, 2.75) is 25.4 Å². The van der Waals surface area contributed by atoms with Crippen molar-refractivity contribution < 1.29 is 18.7 Å². The Kier molecular flexibility index (Phi) is 5.96. The largest absolute Gasteiger partial charge is 0.486 e. The molecule has 0 aromatic heterocycles. The van der Waals surface area contributed by atoms with Gasteiger partial charge in [-0.2, -0.15) is 0 Å². The van der Waals surface area contributed by atoms with Crippen LogP contribution in [0.3, 0.4) is 0 Å². The molecule has 0 saturated carbocycles. The van der Waals surface area contributed by atoms with Crippen LogP contribution in [0, 0.1) is 5.82 Å². The Balaban J connectivity index is 1.25. The molecule has 1 fully saturated rings. The third-order valence-corrected chi connectivity index (χ3v) is 6.28. The molecule has 3 heterocycles. The number of halogens is 1. The van der Waals surface area contributed by atoms with Crippen molar-refractivity contribution in [3.63, 3.8) is 0 Å². The molecule has 5 rings (SSSR count). The van der Waals surface area contributed by atoms with Crippen LogP contribution in [0.1, 0.15) is 40.7 Å². The fraction of sp³-hybridized carbons (Fsp3) is 0.308. The highest BCUT2D eigenvalue weighted by Crippen LogP contribution is 2.35. The Morgan fingerprint density at radius 1 is 1.18 bits per heavy atom. The van der Waals surface area contributed by atoms with Gasteiger partial charge in [0.25, 0.3) is 11.8 Å². The summed E-state index contributed by atoms with van der Waals surface area (Å²) in [5, 5.41) is 5.76. The number of hydrogen-bond donors (Lipinski definition) is 2. The zero-order chi connectivity index (χ0) is 22.8. The van der Waals surface area contributed by atoms with E-state index in [4.69, 9.17) is 4.74 Å². The summed E-state index contributed by atoms with van der Waals surface area (Å²) in [7, 11) is 0. The summed E-state index contributed by atoms with van der Waals surface area (Å²) in [4.78, 5) is 27.3. The molecule has 0 radical (unpaired) electrons. The number of fused-ring (bicyclic) bond motifs is 1. The van der Waals surface area contributed by atoms with E-state index < -0.39 is 5.82 Å². The fourth-order valence-corrected chi connectivity index (χ4v) is 4.54. The van der Waals surface area contributed by atoms with Gasteiger partial charge in [0.2, 0.25) is 0 Å². The van der Waals surface area contributed by atoms with E-state index in [1.54, 1.807) is 12.2 Å². The molecule has 170 valence electrons. The number of carbonyl (C=O) groups excluding carboxylic acids is 2. The number of benzene rings is 2. The summed E-state index contributed by atoms with van der Waals surface area (Å²) in [5.74, 6) is -0.473. The highest BCUT2D eigenvalue weighted by Gasteiger charge is 2.27. The van der Waals surface area contributed by atoms with Crippen LogP contribution in [0.15, 0.2) is 54.6 Å². The van der Waals surface area contributed by atoms with Crippen molar-refractivity contribution >= 4 is 28.8 Å². The molecule has 1 unspecified atom stereocenters. The molecular formula is C26H26FN3O3. The summed E-state index contributed by atoms with van der Waals surface area (Å²) < 4.78 is 20.6. The second kappa shape index (κ2) is 9.19. The molecule has 33 heavy (non-hydrogen) atoms. The molecule has 3 aliphatic heterocycles.